The number of rotatable bonds is 5. The first-order valence-corrected chi connectivity index (χ1v) is 4.88. The van der Waals surface area contributed by atoms with Crippen LogP contribution in [0.4, 0.5) is 0 Å². The Bertz CT molecular complexity index is 335. The van der Waals surface area contributed by atoms with Crippen LogP contribution in [-0.2, 0) is 19.4 Å². The average Bonchev–Trinajstić information content (AvgIpc) is 2.61. The summed E-state index contributed by atoms with van der Waals surface area (Å²) in [6.07, 6.45) is 1.91. The predicted molar refractivity (Wildman–Crippen MR) is 55.0 cm³/mol. The van der Waals surface area contributed by atoms with E-state index in [0.717, 1.165) is 18.5 Å². The van der Waals surface area contributed by atoms with E-state index in [-0.39, 0.29) is 0 Å². The summed E-state index contributed by atoms with van der Waals surface area (Å²) in [6, 6.07) is 2.11. The molecule has 1 aromatic rings. The first kappa shape index (κ1) is 10.6. The highest BCUT2D eigenvalue weighted by atomic mass is 15.3. The molecule has 0 aliphatic heterocycles. The lowest BCUT2D eigenvalue weighted by Crippen LogP contribution is -2.06. The van der Waals surface area contributed by atoms with Gasteiger partial charge in [-0.2, -0.15) is 5.10 Å². The van der Waals surface area contributed by atoms with Crippen LogP contribution in [0.15, 0.2) is 11.2 Å². The van der Waals surface area contributed by atoms with E-state index in [1.54, 1.807) is 0 Å². The Balaban J connectivity index is 2.72. The number of aromatic nitrogens is 2. The third-order valence-electron chi connectivity index (χ3n) is 2.11. The van der Waals surface area contributed by atoms with Crippen molar-refractivity contribution in [1.82, 2.24) is 9.78 Å². The van der Waals surface area contributed by atoms with E-state index in [2.05, 4.69) is 35.0 Å². The highest BCUT2D eigenvalue weighted by molar-refractivity contribution is 5.10. The van der Waals surface area contributed by atoms with Crippen molar-refractivity contribution in [2.75, 3.05) is 6.54 Å². The summed E-state index contributed by atoms with van der Waals surface area (Å²) in [7, 11) is 0. The van der Waals surface area contributed by atoms with Crippen LogP contribution in [0.1, 0.15) is 25.2 Å². The molecule has 0 saturated heterocycles. The number of hydrogen-bond donors (Lipinski definition) is 0. The highest BCUT2D eigenvalue weighted by Crippen LogP contribution is 2.06. The Hall–Kier alpha value is -1.48. The van der Waals surface area contributed by atoms with Crippen LogP contribution >= 0.6 is 0 Å². The van der Waals surface area contributed by atoms with E-state index in [4.69, 9.17) is 5.53 Å². The minimum atomic E-state index is 0.467. The zero-order valence-corrected chi connectivity index (χ0v) is 8.64. The lowest BCUT2D eigenvalue weighted by atomic mass is 10.3. The molecule has 0 fully saturated rings. The van der Waals surface area contributed by atoms with Gasteiger partial charge in [0, 0.05) is 23.7 Å². The largest absolute Gasteiger partial charge is 0.269 e. The Morgan fingerprint density at radius 3 is 2.86 bits per heavy atom. The molecule has 1 rings (SSSR count). The molecule has 0 aromatic carbocycles. The standard InChI is InChI=1S/C9H15N5/c1-3-8-7-9(4-2)14(12-8)6-5-11-13-10/h7H,3-6H2,1-2H3. The Labute approximate surface area is 83.4 Å². The third kappa shape index (κ3) is 2.50. The minimum Gasteiger partial charge on any atom is -0.269 e. The summed E-state index contributed by atoms with van der Waals surface area (Å²) >= 11 is 0. The second kappa shape index (κ2) is 5.29. The van der Waals surface area contributed by atoms with Gasteiger partial charge in [0.05, 0.1) is 5.69 Å². The summed E-state index contributed by atoms with van der Waals surface area (Å²) < 4.78 is 1.92. The molecule has 0 amide bonds. The third-order valence-corrected chi connectivity index (χ3v) is 2.11. The van der Waals surface area contributed by atoms with Gasteiger partial charge < -0.3 is 0 Å². The molecule has 0 radical (unpaired) electrons. The van der Waals surface area contributed by atoms with Crippen LogP contribution in [0.5, 0.6) is 0 Å². The van der Waals surface area contributed by atoms with Crippen molar-refractivity contribution in [2.24, 2.45) is 5.11 Å². The van der Waals surface area contributed by atoms with Gasteiger partial charge >= 0.3 is 0 Å². The highest BCUT2D eigenvalue weighted by Gasteiger charge is 2.03. The molecule has 1 heterocycles. The van der Waals surface area contributed by atoms with E-state index in [1.807, 2.05) is 4.68 Å². The van der Waals surface area contributed by atoms with E-state index >= 15 is 0 Å². The molecule has 0 unspecified atom stereocenters. The Kier molecular flexibility index (Phi) is 4.01. The van der Waals surface area contributed by atoms with E-state index in [9.17, 15) is 0 Å². The molecule has 0 saturated carbocycles. The van der Waals surface area contributed by atoms with Crippen LogP contribution in [-0.4, -0.2) is 16.3 Å². The van der Waals surface area contributed by atoms with Gasteiger partial charge in [-0.3, -0.25) is 4.68 Å². The van der Waals surface area contributed by atoms with Crippen LogP contribution < -0.4 is 0 Å². The molecule has 0 aliphatic carbocycles. The summed E-state index contributed by atoms with van der Waals surface area (Å²) in [5, 5.41) is 7.90. The van der Waals surface area contributed by atoms with Crippen molar-refractivity contribution >= 4 is 0 Å². The monoisotopic (exact) mass is 193 g/mol. The maximum atomic E-state index is 8.15. The molecule has 5 heteroatoms. The number of aryl methyl sites for hydroxylation is 2. The molecule has 0 N–H and O–H groups in total. The summed E-state index contributed by atoms with van der Waals surface area (Å²) in [5.74, 6) is 0. The number of hydrogen-bond acceptors (Lipinski definition) is 2. The van der Waals surface area contributed by atoms with Crippen molar-refractivity contribution < 1.29 is 0 Å². The normalized spacial score (nSPS) is 9.86. The molecule has 0 spiro atoms. The number of nitrogens with zero attached hydrogens (tertiary/aromatic N) is 5. The topological polar surface area (TPSA) is 66.6 Å². The maximum Gasteiger partial charge on any atom is 0.0624 e. The van der Waals surface area contributed by atoms with Gasteiger partial charge in [-0.05, 0) is 24.4 Å². The predicted octanol–water partition coefficient (Wildman–Crippen LogP) is 2.32. The molecular weight excluding hydrogens is 178 g/mol. The van der Waals surface area contributed by atoms with Gasteiger partial charge in [-0.15, -0.1) is 0 Å². The number of azide groups is 1. The molecular formula is C9H15N5. The quantitative estimate of drug-likeness (QED) is 0.402. The Morgan fingerprint density at radius 2 is 2.29 bits per heavy atom. The van der Waals surface area contributed by atoms with E-state index < -0.39 is 0 Å². The maximum absolute atomic E-state index is 8.15. The minimum absolute atomic E-state index is 0.467. The first-order valence-electron chi connectivity index (χ1n) is 4.88. The van der Waals surface area contributed by atoms with Gasteiger partial charge in [0.15, 0.2) is 0 Å². The fourth-order valence-corrected chi connectivity index (χ4v) is 1.35. The van der Waals surface area contributed by atoms with Crippen LogP contribution in [0.2, 0.25) is 0 Å². The van der Waals surface area contributed by atoms with Crippen LogP contribution in [0.3, 0.4) is 0 Å². The summed E-state index contributed by atoms with van der Waals surface area (Å²) in [6.45, 7) is 5.32. The van der Waals surface area contributed by atoms with Crippen molar-refractivity contribution in [3.8, 4) is 0 Å². The summed E-state index contributed by atoms with van der Waals surface area (Å²) in [4.78, 5) is 2.72. The fraction of sp³-hybridized carbons (Fsp3) is 0.667. The lowest BCUT2D eigenvalue weighted by molar-refractivity contribution is 0.589. The second-order valence-electron chi connectivity index (χ2n) is 3.01. The average molecular weight is 193 g/mol. The first-order chi connectivity index (χ1) is 6.81. The van der Waals surface area contributed by atoms with Crippen molar-refractivity contribution in [2.45, 2.75) is 33.2 Å². The van der Waals surface area contributed by atoms with E-state index in [0.29, 0.717) is 13.1 Å². The Morgan fingerprint density at radius 1 is 1.50 bits per heavy atom. The molecule has 14 heavy (non-hydrogen) atoms. The van der Waals surface area contributed by atoms with Crippen molar-refractivity contribution in [3.63, 3.8) is 0 Å². The van der Waals surface area contributed by atoms with Crippen molar-refractivity contribution in [1.29, 1.82) is 0 Å². The molecule has 0 aliphatic rings. The van der Waals surface area contributed by atoms with Gasteiger partial charge in [0.2, 0.25) is 0 Å². The van der Waals surface area contributed by atoms with Gasteiger partial charge in [-0.1, -0.05) is 19.0 Å². The van der Waals surface area contributed by atoms with Crippen LogP contribution in [0, 0.1) is 0 Å². The smallest absolute Gasteiger partial charge is 0.0624 e. The zero-order valence-electron chi connectivity index (χ0n) is 8.64. The zero-order chi connectivity index (χ0) is 10.4. The molecule has 76 valence electrons. The van der Waals surface area contributed by atoms with E-state index in [1.165, 1.54) is 5.69 Å². The van der Waals surface area contributed by atoms with Gasteiger partial charge in [0.25, 0.3) is 0 Å². The molecule has 0 bridgehead atoms. The van der Waals surface area contributed by atoms with Crippen LogP contribution in [0.25, 0.3) is 10.4 Å². The SMILES string of the molecule is CCc1cc(CC)n(CCN=[N+]=[N-])n1. The van der Waals surface area contributed by atoms with Gasteiger partial charge in [0.1, 0.15) is 0 Å². The second-order valence-corrected chi connectivity index (χ2v) is 3.01. The summed E-state index contributed by atoms with van der Waals surface area (Å²) in [5.41, 5.74) is 10.5. The van der Waals surface area contributed by atoms with Crippen molar-refractivity contribution in [3.05, 3.63) is 27.9 Å². The molecule has 0 atom stereocenters. The molecule has 1 aromatic heterocycles. The van der Waals surface area contributed by atoms with Gasteiger partial charge in [-0.25, -0.2) is 0 Å². The molecule has 5 nitrogen and oxygen atoms in total. The fourth-order valence-electron chi connectivity index (χ4n) is 1.35. The lowest BCUT2D eigenvalue weighted by Gasteiger charge is -2.01.